The summed E-state index contributed by atoms with van der Waals surface area (Å²) in [5, 5.41) is 0.795. The maximum absolute atomic E-state index is 11.1. The number of nitrogen functional groups attached to an aromatic ring is 1. The molecule has 0 amide bonds. The Morgan fingerprint density at radius 1 is 1.44 bits per heavy atom. The predicted octanol–water partition coefficient (Wildman–Crippen LogP) is 0.851. The van der Waals surface area contributed by atoms with Gasteiger partial charge in [0.1, 0.15) is 27.0 Å². The lowest BCUT2D eigenvalue weighted by atomic mass is 10.2. The molecule has 0 spiro atoms. The molecule has 0 radical (unpaired) electrons. The van der Waals surface area contributed by atoms with Gasteiger partial charge in [0.2, 0.25) is 0 Å². The summed E-state index contributed by atoms with van der Waals surface area (Å²) in [6.45, 7) is 2.05. The number of aromatic nitrogens is 2. The molecule has 3 N–H and O–H groups in total. The van der Waals surface area contributed by atoms with Crippen LogP contribution in [0.15, 0.2) is 11.4 Å². The number of hydrogen-bond donors (Lipinski definition) is 2. The van der Waals surface area contributed by atoms with Crippen molar-refractivity contribution in [1.29, 1.82) is 0 Å². The van der Waals surface area contributed by atoms with Crippen LogP contribution in [0.2, 0.25) is 0 Å². The first-order chi connectivity index (χ1) is 8.48. The van der Waals surface area contributed by atoms with Crippen molar-refractivity contribution in [2.45, 2.75) is 24.8 Å². The van der Waals surface area contributed by atoms with Gasteiger partial charge in [-0.25, -0.2) is 24.2 Å². The van der Waals surface area contributed by atoms with Crippen LogP contribution in [-0.2, 0) is 16.3 Å². The lowest BCUT2D eigenvalue weighted by Gasteiger charge is -2.10. The SMILES string of the molecule is CCCc1c(NN)ncnc1SCCS(C)(=O)=O. The number of rotatable bonds is 7. The number of sulfone groups is 1. The fraction of sp³-hybridized carbons (Fsp3) is 0.600. The first-order valence-corrected chi connectivity index (χ1v) is 8.63. The number of nitrogens with two attached hydrogens (primary N) is 1. The smallest absolute Gasteiger partial charge is 0.148 e. The average molecular weight is 290 g/mol. The predicted molar refractivity (Wildman–Crippen MR) is 74.3 cm³/mol. The second-order valence-electron chi connectivity index (χ2n) is 3.88. The van der Waals surface area contributed by atoms with Crippen LogP contribution < -0.4 is 11.3 Å². The molecular weight excluding hydrogens is 272 g/mol. The molecule has 1 rings (SSSR count). The molecule has 1 aromatic rings. The zero-order chi connectivity index (χ0) is 13.6. The van der Waals surface area contributed by atoms with Crippen LogP contribution in [0.3, 0.4) is 0 Å². The molecule has 0 atom stereocenters. The summed E-state index contributed by atoms with van der Waals surface area (Å²) in [5.41, 5.74) is 3.49. The van der Waals surface area contributed by atoms with Crippen molar-refractivity contribution in [2.75, 3.05) is 23.2 Å². The highest BCUT2D eigenvalue weighted by Gasteiger charge is 2.11. The van der Waals surface area contributed by atoms with E-state index in [9.17, 15) is 8.42 Å². The molecule has 0 saturated heterocycles. The third kappa shape index (κ3) is 4.79. The molecule has 0 saturated carbocycles. The highest BCUT2D eigenvalue weighted by atomic mass is 32.2. The zero-order valence-corrected chi connectivity index (χ0v) is 12.1. The molecule has 0 aliphatic heterocycles. The van der Waals surface area contributed by atoms with Gasteiger partial charge >= 0.3 is 0 Å². The number of anilines is 1. The first-order valence-electron chi connectivity index (χ1n) is 5.59. The molecule has 18 heavy (non-hydrogen) atoms. The van der Waals surface area contributed by atoms with Gasteiger partial charge in [-0.1, -0.05) is 13.3 Å². The van der Waals surface area contributed by atoms with Gasteiger partial charge in [0.05, 0.1) is 5.75 Å². The fourth-order valence-electron chi connectivity index (χ4n) is 1.41. The molecule has 102 valence electrons. The molecule has 0 aliphatic carbocycles. The van der Waals surface area contributed by atoms with Gasteiger partial charge in [-0.3, -0.25) is 0 Å². The minimum atomic E-state index is -2.94. The van der Waals surface area contributed by atoms with Crippen molar-refractivity contribution in [3.63, 3.8) is 0 Å². The van der Waals surface area contributed by atoms with Crippen molar-refractivity contribution >= 4 is 27.4 Å². The Morgan fingerprint density at radius 3 is 2.72 bits per heavy atom. The quantitative estimate of drug-likeness (QED) is 0.332. The summed E-state index contributed by atoms with van der Waals surface area (Å²) >= 11 is 1.42. The van der Waals surface area contributed by atoms with Crippen LogP contribution in [0.25, 0.3) is 0 Å². The average Bonchev–Trinajstić information content (AvgIpc) is 2.29. The van der Waals surface area contributed by atoms with E-state index < -0.39 is 9.84 Å². The van der Waals surface area contributed by atoms with Crippen LogP contribution in [0.5, 0.6) is 0 Å². The van der Waals surface area contributed by atoms with E-state index in [1.54, 1.807) is 0 Å². The normalized spacial score (nSPS) is 11.5. The molecule has 6 nitrogen and oxygen atoms in total. The topological polar surface area (TPSA) is 98.0 Å². The van der Waals surface area contributed by atoms with Crippen molar-refractivity contribution in [3.05, 3.63) is 11.9 Å². The first kappa shape index (κ1) is 15.2. The van der Waals surface area contributed by atoms with E-state index in [2.05, 4.69) is 22.3 Å². The monoisotopic (exact) mass is 290 g/mol. The molecule has 8 heteroatoms. The zero-order valence-electron chi connectivity index (χ0n) is 10.5. The second kappa shape index (κ2) is 6.91. The van der Waals surface area contributed by atoms with Crippen molar-refractivity contribution in [3.8, 4) is 0 Å². The van der Waals surface area contributed by atoms with Crippen LogP contribution in [0.1, 0.15) is 18.9 Å². The molecule has 0 bridgehead atoms. The van der Waals surface area contributed by atoms with E-state index in [4.69, 9.17) is 5.84 Å². The molecule has 1 aromatic heterocycles. The molecular formula is C10H18N4O2S2. The van der Waals surface area contributed by atoms with Gasteiger partial charge in [0.15, 0.2) is 0 Å². The summed E-state index contributed by atoms with van der Waals surface area (Å²) in [4.78, 5) is 8.24. The lowest BCUT2D eigenvalue weighted by Crippen LogP contribution is -2.13. The van der Waals surface area contributed by atoms with E-state index in [1.807, 2.05) is 0 Å². The van der Waals surface area contributed by atoms with Crippen LogP contribution in [0.4, 0.5) is 5.82 Å². The fourth-order valence-corrected chi connectivity index (χ4v) is 3.64. The summed E-state index contributed by atoms with van der Waals surface area (Å²) in [6, 6.07) is 0. The molecule has 0 fully saturated rings. The van der Waals surface area contributed by atoms with Crippen molar-refractivity contribution < 1.29 is 8.42 Å². The molecule has 1 heterocycles. The van der Waals surface area contributed by atoms with Crippen molar-refractivity contribution in [2.24, 2.45) is 5.84 Å². The van der Waals surface area contributed by atoms with Gasteiger partial charge in [-0.05, 0) is 6.42 Å². The standard InChI is InChI=1S/C10H18N4O2S2/c1-3-4-8-9(14-11)12-7-13-10(8)17-5-6-18(2,15)16/h7H,3-6,11H2,1-2H3,(H,12,13,14). The van der Waals surface area contributed by atoms with Gasteiger partial charge in [-0.2, -0.15) is 0 Å². The van der Waals surface area contributed by atoms with Crippen LogP contribution in [-0.4, -0.2) is 36.1 Å². The van der Waals surface area contributed by atoms with Crippen LogP contribution >= 0.6 is 11.8 Å². The summed E-state index contributed by atoms with van der Waals surface area (Å²) in [6.07, 6.45) is 4.41. The van der Waals surface area contributed by atoms with E-state index >= 15 is 0 Å². The Labute approximate surface area is 112 Å². The highest BCUT2D eigenvalue weighted by molar-refractivity contribution is 8.00. The Balaban J connectivity index is 2.81. The van der Waals surface area contributed by atoms with Gasteiger partial charge in [0.25, 0.3) is 0 Å². The Morgan fingerprint density at radius 2 is 2.17 bits per heavy atom. The Bertz CT molecular complexity index is 491. The molecule has 0 unspecified atom stereocenters. The second-order valence-corrected chi connectivity index (χ2v) is 7.22. The molecule has 0 aliphatic rings. The lowest BCUT2D eigenvalue weighted by molar-refractivity contribution is 0.603. The Hall–Kier alpha value is -0.860. The number of thioether (sulfide) groups is 1. The summed E-state index contributed by atoms with van der Waals surface area (Å²) < 4.78 is 22.2. The minimum absolute atomic E-state index is 0.138. The number of nitrogens with zero attached hydrogens (tertiary/aromatic N) is 2. The van der Waals surface area contributed by atoms with Crippen LogP contribution in [0, 0.1) is 0 Å². The minimum Gasteiger partial charge on any atom is -0.308 e. The van der Waals surface area contributed by atoms with Gasteiger partial charge in [0, 0.05) is 17.6 Å². The van der Waals surface area contributed by atoms with Gasteiger partial charge < -0.3 is 5.43 Å². The summed E-state index contributed by atoms with van der Waals surface area (Å²) in [5.74, 6) is 6.63. The number of hydrogen-bond acceptors (Lipinski definition) is 7. The summed E-state index contributed by atoms with van der Waals surface area (Å²) in [7, 11) is -2.94. The van der Waals surface area contributed by atoms with E-state index in [0.29, 0.717) is 11.6 Å². The Kier molecular flexibility index (Phi) is 5.83. The van der Waals surface area contributed by atoms with Gasteiger partial charge in [-0.15, -0.1) is 11.8 Å². The maximum atomic E-state index is 11.1. The number of nitrogens with one attached hydrogen (secondary N) is 1. The van der Waals surface area contributed by atoms with E-state index in [0.717, 1.165) is 23.4 Å². The maximum Gasteiger partial charge on any atom is 0.148 e. The van der Waals surface area contributed by atoms with E-state index in [-0.39, 0.29) is 5.75 Å². The highest BCUT2D eigenvalue weighted by Crippen LogP contribution is 2.25. The third-order valence-electron chi connectivity index (χ3n) is 2.24. The number of hydrazine groups is 1. The van der Waals surface area contributed by atoms with E-state index in [1.165, 1.54) is 24.3 Å². The molecule has 0 aromatic carbocycles. The van der Waals surface area contributed by atoms with Crippen molar-refractivity contribution in [1.82, 2.24) is 9.97 Å². The largest absolute Gasteiger partial charge is 0.308 e. The third-order valence-corrected chi connectivity index (χ3v) is 4.47.